The van der Waals surface area contributed by atoms with Crippen LogP contribution in [0.15, 0.2) is 34.2 Å². The normalized spacial score (nSPS) is 13.8. The van der Waals surface area contributed by atoms with Crippen molar-refractivity contribution in [2.75, 3.05) is 18.1 Å². The topological polar surface area (TPSA) is 112 Å². The molecule has 0 aliphatic carbocycles. The van der Waals surface area contributed by atoms with E-state index in [4.69, 9.17) is 4.74 Å². The Morgan fingerprint density at radius 2 is 1.85 bits per heavy atom. The zero-order chi connectivity index (χ0) is 25.0. The molecule has 33 heavy (non-hydrogen) atoms. The summed E-state index contributed by atoms with van der Waals surface area (Å²) in [6, 6.07) is 3.02. The Bertz CT molecular complexity index is 963. The van der Waals surface area contributed by atoms with Crippen molar-refractivity contribution in [3.8, 4) is 0 Å². The number of alkyl halides is 3. The summed E-state index contributed by atoms with van der Waals surface area (Å²) in [5, 5.41) is 22.4. The molecule has 1 heterocycles. The highest BCUT2D eigenvalue weighted by Crippen LogP contribution is 2.32. The number of benzene rings is 1. The molecule has 2 atom stereocenters. The molecule has 0 bridgehead atoms. The first-order valence-electron chi connectivity index (χ1n) is 9.60. The summed E-state index contributed by atoms with van der Waals surface area (Å²) < 4.78 is 44.6. The first kappa shape index (κ1) is 26.9. The fourth-order valence-corrected chi connectivity index (χ4v) is 4.11. The molecule has 0 saturated carbocycles. The van der Waals surface area contributed by atoms with Crippen molar-refractivity contribution in [2.45, 2.75) is 44.5 Å². The Kier molecular flexibility index (Phi) is 8.71. The van der Waals surface area contributed by atoms with Gasteiger partial charge < -0.3 is 20.3 Å². The number of amides is 2. The van der Waals surface area contributed by atoms with Crippen LogP contribution >= 0.6 is 27.3 Å². The average molecular weight is 554 g/mol. The van der Waals surface area contributed by atoms with Crippen LogP contribution in [0.4, 0.5) is 27.9 Å². The number of thiazole rings is 1. The molecule has 182 valence electrons. The molecular weight excluding hydrogens is 531 g/mol. The van der Waals surface area contributed by atoms with Crippen LogP contribution in [0.5, 0.6) is 0 Å². The van der Waals surface area contributed by atoms with Crippen LogP contribution in [0.3, 0.4) is 0 Å². The van der Waals surface area contributed by atoms with E-state index in [0.717, 1.165) is 28.4 Å². The number of hydrogen-bond donors (Lipinski definition) is 3. The van der Waals surface area contributed by atoms with Gasteiger partial charge in [-0.2, -0.15) is 13.2 Å². The Hall–Kier alpha value is -2.38. The third kappa shape index (κ3) is 7.86. The molecule has 2 amide bonds. The number of carbonyl (C=O) groups is 2. The molecule has 8 nitrogen and oxygen atoms in total. The van der Waals surface area contributed by atoms with Crippen molar-refractivity contribution in [3.05, 3.63) is 45.4 Å². The van der Waals surface area contributed by atoms with Crippen LogP contribution in [0.2, 0.25) is 0 Å². The fourth-order valence-electron chi connectivity index (χ4n) is 2.92. The van der Waals surface area contributed by atoms with Crippen LogP contribution in [0.1, 0.15) is 37.8 Å². The molecule has 1 aromatic carbocycles. The zero-order valence-electron chi connectivity index (χ0n) is 17.9. The number of aliphatic hydroxyl groups excluding tert-OH is 1. The van der Waals surface area contributed by atoms with Crippen LogP contribution in [0, 0.1) is 0 Å². The van der Waals surface area contributed by atoms with Crippen molar-refractivity contribution in [1.82, 2.24) is 10.3 Å². The molecule has 0 aliphatic heterocycles. The van der Waals surface area contributed by atoms with Crippen LogP contribution in [-0.4, -0.2) is 52.2 Å². The minimum atomic E-state index is -4.54. The standard InChI is InChI=1S/C20H23BrF3N3O5S/c1-19(2,3)32-17(29)26-14(9-27(18(30)31)16-25-8-15(21)33-16)13(10-28)11-4-6-12(7-5-11)20(22,23)24/h4-8,13-14,28H,9-10H2,1-3H3,(H,26,29)(H,30,31)/t13-,14+/m0/s1. The molecule has 2 aromatic rings. The molecule has 0 unspecified atom stereocenters. The molecule has 3 N–H and O–H groups in total. The minimum absolute atomic E-state index is 0.106. The molecule has 2 rings (SSSR count). The summed E-state index contributed by atoms with van der Waals surface area (Å²) in [6.07, 6.45) is -5.37. The lowest BCUT2D eigenvalue weighted by molar-refractivity contribution is -0.137. The van der Waals surface area contributed by atoms with Gasteiger partial charge in [-0.25, -0.2) is 14.6 Å². The highest BCUT2D eigenvalue weighted by atomic mass is 79.9. The van der Waals surface area contributed by atoms with Gasteiger partial charge in [-0.15, -0.1) is 0 Å². The number of aromatic nitrogens is 1. The minimum Gasteiger partial charge on any atom is -0.465 e. The molecule has 0 aliphatic rings. The average Bonchev–Trinajstić information content (AvgIpc) is 3.10. The maximum absolute atomic E-state index is 12.9. The summed E-state index contributed by atoms with van der Waals surface area (Å²) in [6.45, 7) is 3.98. The van der Waals surface area contributed by atoms with Crippen molar-refractivity contribution in [2.24, 2.45) is 0 Å². The van der Waals surface area contributed by atoms with Gasteiger partial charge in [0.2, 0.25) is 0 Å². The summed E-state index contributed by atoms with van der Waals surface area (Å²) in [4.78, 5) is 29.2. The van der Waals surface area contributed by atoms with E-state index in [0.29, 0.717) is 3.79 Å². The molecule has 0 saturated heterocycles. The van der Waals surface area contributed by atoms with Gasteiger partial charge in [0.05, 0.1) is 34.7 Å². The van der Waals surface area contributed by atoms with Gasteiger partial charge in [0, 0.05) is 5.92 Å². The predicted octanol–water partition coefficient (Wildman–Crippen LogP) is 5.08. The van der Waals surface area contributed by atoms with Gasteiger partial charge in [0.25, 0.3) is 0 Å². The van der Waals surface area contributed by atoms with Gasteiger partial charge in [0.1, 0.15) is 5.60 Å². The van der Waals surface area contributed by atoms with E-state index in [1.807, 2.05) is 0 Å². The predicted molar refractivity (Wildman–Crippen MR) is 120 cm³/mol. The van der Waals surface area contributed by atoms with Crippen molar-refractivity contribution in [1.29, 1.82) is 0 Å². The number of aliphatic hydroxyl groups is 1. The molecule has 13 heteroatoms. The summed E-state index contributed by atoms with van der Waals surface area (Å²) in [5.74, 6) is -0.940. The van der Waals surface area contributed by atoms with E-state index in [1.165, 1.54) is 18.3 Å². The molecule has 1 aromatic heterocycles. The van der Waals surface area contributed by atoms with Crippen LogP contribution < -0.4 is 10.2 Å². The maximum Gasteiger partial charge on any atom is 0.416 e. The third-order valence-corrected chi connectivity index (χ3v) is 5.86. The smallest absolute Gasteiger partial charge is 0.416 e. The molecule has 0 fully saturated rings. The van der Waals surface area contributed by atoms with Gasteiger partial charge in [-0.05, 0) is 54.4 Å². The number of alkyl carbamates (subject to hydrolysis) is 1. The Morgan fingerprint density at radius 3 is 2.27 bits per heavy atom. The second-order valence-corrected chi connectivity index (χ2v) is 10.4. The highest BCUT2D eigenvalue weighted by molar-refractivity contribution is 9.11. The van der Waals surface area contributed by atoms with Gasteiger partial charge in [-0.1, -0.05) is 23.5 Å². The van der Waals surface area contributed by atoms with Gasteiger partial charge >= 0.3 is 18.4 Å². The van der Waals surface area contributed by atoms with E-state index in [9.17, 15) is 33.0 Å². The van der Waals surface area contributed by atoms with Gasteiger partial charge in [0.15, 0.2) is 5.13 Å². The summed E-state index contributed by atoms with van der Waals surface area (Å²) in [7, 11) is 0. The number of halogens is 4. The third-order valence-electron chi connectivity index (χ3n) is 4.36. The molecule has 0 radical (unpaired) electrons. The Labute approximate surface area is 200 Å². The largest absolute Gasteiger partial charge is 0.465 e. The molecule has 0 spiro atoms. The lowest BCUT2D eigenvalue weighted by Gasteiger charge is -2.31. The number of anilines is 1. The highest BCUT2D eigenvalue weighted by Gasteiger charge is 2.33. The fraction of sp³-hybridized carbons (Fsp3) is 0.450. The molecular formula is C20H23BrF3N3O5S. The van der Waals surface area contributed by atoms with Crippen LogP contribution in [-0.2, 0) is 10.9 Å². The lowest BCUT2D eigenvalue weighted by atomic mass is 9.91. The second kappa shape index (κ2) is 10.7. The zero-order valence-corrected chi connectivity index (χ0v) is 20.3. The number of nitrogens with one attached hydrogen (secondary N) is 1. The van der Waals surface area contributed by atoms with Crippen LogP contribution in [0.25, 0.3) is 0 Å². The Balaban J connectivity index is 2.40. The monoisotopic (exact) mass is 553 g/mol. The first-order chi connectivity index (χ1) is 15.2. The lowest BCUT2D eigenvalue weighted by Crippen LogP contribution is -2.50. The maximum atomic E-state index is 12.9. The number of nitrogens with zero attached hydrogens (tertiary/aromatic N) is 2. The van der Waals surface area contributed by atoms with Crippen molar-refractivity contribution in [3.63, 3.8) is 0 Å². The SMILES string of the molecule is CC(C)(C)OC(=O)N[C@H](CN(C(=O)O)c1ncc(Br)s1)[C@@H](CO)c1ccc(C(F)(F)F)cc1. The summed E-state index contributed by atoms with van der Waals surface area (Å²) >= 11 is 4.24. The van der Waals surface area contributed by atoms with Gasteiger partial charge in [-0.3, -0.25) is 4.90 Å². The second-order valence-electron chi connectivity index (χ2n) is 8.00. The number of hydrogen-bond acceptors (Lipinski definition) is 6. The van der Waals surface area contributed by atoms with Crippen molar-refractivity contribution < 1.29 is 37.7 Å². The van der Waals surface area contributed by atoms with E-state index in [-0.39, 0.29) is 17.2 Å². The van der Waals surface area contributed by atoms with E-state index in [1.54, 1.807) is 20.8 Å². The number of carbonyl (C=O) groups excluding carboxylic acids is 1. The quantitative estimate of drug-likeness (QED) is 0.441. The number of rotatable bonds is 7. The van der Waals surface area contributed by atoms with E-state index >= 15 is 0 Å². The van der Waals surface area contributed by atoms with Crippen molar-refractivity contribution >= 4 is 44.6 Å². The Morgan fingerprint density at radius 1 is 1.24 bits per heavy atom. The number of ether oxygens (including phenoxy) is 1. The summed E-state index contributed by atoms with van der Waals surface area (Å²) in [5.41, 5.74) is -1.46. The first-order valence-corrected chi connectivity index (χ1v) is 11.2. The number of carboxylic acid groups (broad SMARTS) is 1. The van der Waals surface area contributed by atoms with E-state index in [2.05, 4.69) is 26.2 Å². The van der Waals surface area contributed by atoms with E-state index < -0.39 is 48.1 Å².